The molecule has 0 atom stereocenters. The van der Waals surface area contributed by atoms with E-state index in [0.29, 0.717) is 17.5 Å². The molecule has 108 valence electrons. The van der Waals surface area contributed by atoms with E-state index in [-0.39, 0.29) is 4.90 Å². The summed E-state index contributed by atoms with van der Waals surface area (Å²) in [5.41, 5.74) is 0.801. The van der Waals surface area contributed by atoms with Crippen LogP contribution >= 0.6 is 11.6 Å². The second-order valence-electron chi connectivity index (χ2n) is 4.37. The number of hydrogen-bond acceptors (Lipinski definition) is 4. The molecule has 1 aromatic heterocycles. The largest absolute Gasteiger partial charge is 0.448 e. The molecular weight excluding hydrogens is 300 g/mol. The predicted molar refractivity (Wildman–Crippen MR) is 78.4 cm³/mol. The zero-order chi connectivity index (χ0) is 14.8. The highest BCUT2D eigenvalue weighted by Gasteiger charge is 2.16. The Labute approximate surface area is 123 Å². The first-order valence-corrected chi connectivity index (χ1v) is 7.72. The fraction of sp³-hybridized carbons (Fsp3) is 0.231. The lowest BCUT2D eigenvalue weighted by Crippen LogP contribution is -2.22. The van der Waals surface area contributed by atoms with Crippen molar-refractivity contribution in [3.05, 3.63) is 47.4 Å². The van der Waals surface area contributed by atoms with Crippen molar-refractivity contribution in [3.8, 4) is 0 Å². The van der Waals surface area contributed by atoms with E-state index in [9.17, 15) is 8.42 Å². The van der Waals surface area contributed by atoms with Crippen LogP contribution in [0.15, 0.2) is 45.7 Å². The van der Waals surface area contributed by atoms with E-state index in [0.717, 1.165) is 5.69 Å². The molecule has 0 saturated carbocycles. The molecule has 0 amide bonds. The Bertz CT molecular complexity index is 678. The first-order valence-electron chi connectivity index (χ1n) is 5.90. The Morgan fingerprint density at radius 2 is 1.80 bits per heavy atom. The Hall–Kier alpha value is -1.50. The van der Waals surface area contributed by atoms with Crippen LogP contribution in [0.1, 0.15) is 5.76 Å². The molecule has 7 heteroatoms. The number of nitrogens with one attached hydrogen (secondary N) is 1. The van der Waals surface area contributed by atoms with Crippen LogP contribution in [-0.2, 0) is 16.6 Å². The topological polar surface area (TPSA) is 62.6 Å². The minimum Gasteiger partial charge on any atom is -0.448 e. The predicted octanol–water partition coefficient (Wildman–Crippen LogP) is 2.80. The van der Waals surface area contributed by atoms with Crippen molar-refractivity contribution in [1.82, 2.24) is 4.31 Å². The van der Waals surface area contributed by atoms with Gasteiger partial charge in [0.1, 0.15) is 5.76 Å². The summed E-state index contributed by atoms with van der Waals surface area (Å²) in [5.74, 6) is 0.708. The van der Waals surface area contributed by atoms with Crippen molar-refractivity contribution in [3.63, 3.8) is 0 Å². The minimum absolute atomic E-state index is 0.258. The summed E-state index contributed by atoms with van der Waals surface area (Å²) in [4.78, 5) is 0.258. The summed E-state index contributed by atoms with van der Waals surface area (Å²) in [6.45, 7) is 0.479. The molecule has 0 radical (unpaired) electrons. The third-order valence-corrected chi connectivity index (χ3v) is 4.76. The second kappa shape index (κ2) is 5.87. The Balaban J connectivity index is 2.05. The van der Waals surface area contributed by atoms with E-state index >= 15 is 0 Å². The molecule has 1 heterocycles. The van der Waals surface area contributed by atoms with Crippen LogP contribution in [0.2, 0.25) is 5.22 Å². The van der Waals surface area contributed by atoms with Gasteiger partial charge in [0.2, 0.25) is 10.0 Å². The van der Waals surface area contributed by atoms with Gasteiger partial charge in [-0.15, -0.1) is 0 Å². The molecule has 5 nitrogen and oxygen atoms in total. The average Bonchev–Trinajstić information content (AvgIpc) is 2.82. The number of furan rings is 1. The normalized spacial score (nSPS) is 11.8. The Morgan fingerprint density at radius 1 is 1.15 bits per heavy atom. The summed E-state index contributed by atoms with van der Waals surface area (Å²) in [6.07, 6.45) is 0. The number of rotatable bonds is 5. The smallest absolute Gasteiger partial charge is 0.242 e. The molecule has 0 spiro atoms. The number of halogens is 1. The maximum Gasteiger partial charge on any atom is 0.242 e. The SMILES string of the molecule is CN(C)S(=O)(=O)c1ccc(NCc2ccc(Cl)o2)cc1. The van der Waals surface area contributed by atoms with E-state index < -0.39 is 10.0 Å². The minimum atomic E-state index is -3.39. The monoisotopic (exact) mass is 314 g/mol. The van der Waals surface area contributed by atoms with Gasteiger partial charge in [0.15, 0.2) is 5.22 Å². The second-order valence-corrected chi connectivity index (χ2v) is 6.90. The lowest BCUT2D eigenvalue weighted by molar-refractivity contribution is 0.519. The van der Waals surface area contributed by atoms with Crippen LogP contribution in [0.4, 0.5) is 5.69 Å². The zero-order valence-electron chi connectivity index (χ0n) is 11.1. The fourth-order valence-electron chi connectivity index (χ4n) is 1.59. The molecule has 0 saturated heterocycles. The van der Waals surface area contributed by atoms with Gasteiger partial charge in [-0.2, -0.15) is 0 Å². The summed E-state index contributed by atoms with van der Waals surface area (Å²) in [6, 6.07) is 9.99. The summed E-state index contributed by atoms with van der Waals surface area (Å²) < 4.78 is 30.2. The van der Waals surface area contributed by atoms with Gasteiger partial charge in [0.05, 0.1) is 11.4 Å². The van der Waals surface area contributed by atoms with Crippen molar-refractivity contribution in [2.24, 2.45) is 0 Å². The summed E-state index contributed by atoms with van der Waals surface area (Å²) in [5, 5.41) is 3.46. The van der Waals surface area contributed by atoms with Crippen LogP contribution in [0, 0.1) is 0 Å². The highest BCUT2D eigenvalue weighted by molar-refractivity contribution is 7.89. The molecular formula is C13H15ClN2O3S. The summed E-state index contributed by atoms with van der Waals surface area (Å²) >= 11 is 5.68. The van der Waals surface area contributed by atoms with E-state index in [2.05, 4.69) is 5.32 Å². The van der Waals surface area contributed by atoms with E-state index in [1.165, 1.54) is 18.4 Å². The Kier molecular flexibility index (Phi) is 4.37. The fourth-order valence-corrected chi connectivity index (χ4v) is 2.66. The van der Waals surface area contributed by atoms with Crippen molar-refractivity contribution in [2.75, 3.05) is 19.4 Å². The number of nitrogens with zero attached hydrogens (tertiary/aromatic N) is 1. The van der Waals surface area contributed by atoms with Crippen molar-refractivity contribution >= 4 is 27.3 Å². The van der Waals surface area contributed by atoms with Crippen molar-refractivity contribution in [2.45, 2.75) is 11.4 Å². The number of hydrogen-bond donors (Lipinski definition) is 1. The number of benzene rings is 1. The maximum atomic E-state index is 11.9. The quantitative estimate of drug-likeness (QED) is 0.921. The molecule has 0 unspecified atom stereocenters. The standard InChI is InChI=1S/C13H15ClN2O3S/c1-16(2)20(17,18)12-6-3-10(4-7-12)15-9-11-5-8-13(14)19-11/h3-8,15H,9H2,1-2H3. The average molecular weight is 315 g/mol. The van der Waals surface area contributed by atoms with Gasteiger partial charge >= 0.3 is 0 Å². The first kappa shape index (κ1) is 14.9. The number of anilines is 1. The van der Waals surface area contributed by atoms with Gasteiger partial charge in [-0.1, -0.05) is 0 Å². The van der Waals surface area contributed by atoms with Gasteiger partial charge < -0.3 is 9.73 Å². The maximum absolute atomic E-state index is 11.9. The van der Waals surface area contributed by atoms with E-state index in [1.54, 1.807) is 36.4 Å². The molecule has 20 heavy (non-hydrogen) atoms. The van der Waals surface area contributed by atoms with Crippen LogP contribution in [0.5, 0.6) is 0 Å². The molecule has 0 aliphatic rings. The molecule has 0 bridgehead atoms. The van der Waals surface area contributed by atoms with Gasteiger partial charge in [0, 0.05) is 19.8 Å². The molecule has 1 N–H and O–H groups in total. The van der Waals surface area contributed by atoms with Gasteiger partial charge in [-0.25, -0.2) is 12.7 Å². The summed E-state index contributed by atoms with van der Waals surface area (Å²) in [7, 11) is -0.384. The van der Waals surface area contributed by atoms with Crippen LogP contribution in [0.3, 0.4) is 0 Å². The van der Waals surface area contributed by atoms with E-state index in [4.69, 9.17) is 16.0 Å². The third kappa shape index (κ3) is 3.33. The molecule has 2 rings (SSSR count). The molecule has 0 aliphatic heterocycles. The van der Waals surface area contributed by atoms with Gasteiger partial charge in [0.25, 0.3) is 0 Å². The third-order valence-electron chi connectivity index (χ3n) is 2.73. The lowest BCUT2D eigenvalue weighted by atomic mass is 10.3. The van der Waals surface area contributed by atoms with Gasteiger partial charge in [-0.05, 0) is 48.0 Å². The van der Waals surface area contributed by atoms with E-state index in [1.807, 2.05) is 0 Å². The zero-order valence-corrected chi connectivity index (χ0v) is 12.7. The Morgan fingerprint density at radius 3 is 2.30 bits per heavy atom. The molecule has 0 fully saturated rings. The van der Waals surface area contributed by atoms with Gasteiger partial charge in [-0.3, -0.25) is 0 Å². The molecule has 0 aliphatic carbocycles. The van der Waals surface area contributed by atoms with Crippen LogP contribution in [-0.4, -0.2) is 26.8 Å². The van der Waals surface area contributed by atoms with Crippen LogP contribution < -0.4 is 5.32 Å². The highest BCUT2D eigenvalue weighted by Crippen LogP contribution is 2.18. The van der Waals surface area contributed by atoms with Crippen LogP contribution in [0.25, 0.3) is 0 Å². The lowest BCUT2D eigenvalue weighted by Gasteiger charge is -2.12. The first-order chi connectivity index (χ1) is 9.39. The highest BCUT2D eigenvalue weighted by atomic mass is 35.5. The van der Waals surface area contributed by atoms with Crippen molar-refractivity contribution in [1.29, 1.82) is 0 Å². The molecule has 2 aromatic rings. The number of sulfonamides is 1. The van der Waals surface area contributed by atoms with Crippen molar-refractivity contribution < 1.29 is 12.8 Å². The molecule has 1 aromatic carbocycles.